The van der Waals surface area contributed by atoms with E-state index in [-0.39, 0.29) is 28.1 Å². The first kappa shape index (κ1) is 34.2. The van der Waals surface area contributed by atoms with Gasteiger partial charge in [-0.05, 0) is 40.6 Å². The van der Waals surface area contributed by atoms with Crippen molar-refractivity contribution < 1.29 is 27.2 Å². The van der Waals surface area contributed by atoms with E-state index in [4.69, 9.17) is 22.4 Å². The first-order valence-electron chi connectivity index (χ1n) is 15.8. The minimum Gasteiger partial charge on any atom is -0.414 e. The third-order valence-electron chi connectivity index (χ3n) is 8.90. The number of benzene rings is 1. The fourth-order valence-corrected chi connectivity index (χ4v) is 18.1. The number of ether oxygens (including phenoxy) is 2. The Kier molecular flexibility index (Phi) is 10.6. The maximum absolute atomic E-state index is 13.0. The van der Waals surface area contributed by atoms with Crippen LogP contribution in [0.4, 0.5) is 5.82 Å². The number of thioether (sulfide) groups is 1. The highest BCUT2D eigenvalue weighted by molar-refractivity contribution is 7.98. The number of carbonyl (C=O) groups excluding carboxylic acids is 1. The maximum atomic E-state index is 13.0. The van der Waals surface area contributed by atoms with Crippen LogP contribution in [0.25, 0.3) is 11.2 Å². The van der Waals surface area contributed by atoms with Crippen molar-refractivity contribution in [2.24, 2.45) is 0 Å². The molecular weight excluding hydrogens is 627 g/mol. The molecule has 4 heterocycles. The lowest BCUT2D eigenvalue weighted by atomic mass is 10.1. The third-order valence-corrected chi connectivity index (χ3v) is 19.5. The van der Waals surface area contributed by atoms with E-state index in [1.807, 2.05) is 29.0 Å². The fraction of sp³-hybridized carbons (Fsp3) is 0.613. The molecule has 1 aromatic carbocycles. The average molecular weight is 674 g/mol. The van der Waals surface area contributed by atoms with Crippen molar-refractivity contribution in [2.75, 3.05) is 24.1 Å². The van der Waals surface area contributed by atoms with Crippen molar-refractivity contribution in [3.05, 3.63) is 48.5 Å². The summed E-state index contributed by atoms with van der Waals surface area (Å²) < 4.78 is 36.9. The number of nitrogens with zero attached hydrogens (tertiary/aromatic N) is 4. The van der Waals surface area contributed by atoms with Crippen LogP contribution in [0.5, 0.6) is 0 Å². The molecule has 2 fully saturated rings. The maximum Gasteiger partial charge on any atom is 0.335 e. The van der Waals surface area contributed by atoms with Gasteiger partial charge in [-0.25, -0.2) is 15.0 Å². The number of anilines is 1. The number of aromatic nitrogens is 4. The number of amides is 1. The molecule has 4 atom stereocenters. The van der Waals surface area contributed by atoms with Gasteiger partial charge in [0.25, 0.3) is 5.91 Å². The molecule has 2 aromatic heterocycles. The van der Waals surface area contributed by atoms with Gasteiger partial charge in [0.2, 0.25) is 0 Å². The molecule has 45 heavy (non-hydrogen) atoms. The van der Waals surface area contributed by atoms with Crippen LogP contribution >= 0.6 is 11.8 Å². The van der Waals surface area contributed by atoms with Crippen LogP contribution in [0, 0.1) is 0 Å². The first-order valence-corrected chi connectivity index (χ1v) is 21.1. The lowest BCUT2D eigenvalue weighted by Gasteiger charge is -2.51. The second-order valence-corrected chi connectivity index (χ2v) is 22.7. The summed E-state index contributed by atoms with van der Waals surface area (Å²) in [6.07, 6.45) is 3.18. The number of hydrogen-bond donors (Lipinski definition) is 1. The van der Waals surface area contributed by atoms with E-state index < -0.39 is 41.7 Å². The standard InChI is InChI=1S/C31H47N5O6SSi2/c1-19(2)44(20(3)4)39-15-24-26(41-45(42-44,21(5)6)22(7)8)27(38-18-43-9)31(40-24)36-17-34-25-28(32-16-33-29(25)36)35-30(37)23-13-11-10-12-14-23/h10-14,16-17,19-22,24,26-27,31H,15,18H2,1-9H3,(H,32,33,35,37)/t24-,26-,27-,31-/m1/s1. The molecule has 0 radical (unpaired) electrons. The van der Waals surface area contributed by atoms with Crippen LogP contribution in [-0.2, 0) is 22.4 Å². The monoisotopic (exact) mass is 673 g/mol. The Labute approximate surface area is 272 Å². The summed E-state index contributed by atoms with van der Waals surface area (Å²) in [7, 11) is -5.64. The van der Waals surface area contributed by atoms with Crippen molar-refractivity contribution in [3.63, 3.8) is 0 Å². The zero-order valence-corrected chi connectivity index (χ0v) is 30.5. The molecule has 11 nitrogen and oxygen atoms in total. The number of nitrogens with one attached hydrogen (secondary N) is 1. The van der Waals surface area contributed by atoms with Crippen LogP contribution in [0.3, 0.4) is 0 Å². The highest BCUT2D eigenvalue weighted by Gasteiger charge is 2.62. The molecule has 246 valence electrons. The quantitative estimate of drug-likeness (QED) is 0.185. The van der Waals surface area contributed by atoms with Gasteiger partial charge in [0.05, 0.1) is 18.9 Å². The van der Waals surface area contributed by atoms with E-state index in [0.717, 1.165) is 0 Å². The van der Waals surface area contributed by atoms with Crippen molar-refractivity contribution in [2.45, 2.75) is 102 Å². The first-order chi connectivity index (χ1) is 21.4. The van der Waals surface area contributed by atoms with Crippen LogP contribution < -0.4 is 5.32 Å². The molecule has 2 saturated heterocycles. The molecule has 0 saturated carbocycles. The summed E-state index contributed by atoms with van der Waals surface area (Å²) in [5.41, 5.74) is 2.28. The van der Waals surface area contributed by atoms with E-state index in [9.17, 15) is 4.79 Å². The van der Waals surface area contributed by atoms with Gasteiger partial charge < -0.3 is 27.8 Å². The number of imidazole rings is 1. The largest absolute Gasteiger partial charge is 0.414 e. The minimum atomic E-state index is -2.90. The zero-order valence-electron chi connectivity index (χ0n) is 27.7. The summed E-state index contributed by atoms with van der Waals surface area (Å²) in [5, 5.41) is 2.89. The second-order valence-electron chi connectivity index (χ2n) is 13.0. The summed E-state index contributed by atoms with van der Waals surface area (Å²) >= 11 is 1.59. The zero-order chi connectivity index (χ0) is 32.5. The van der Waals surface area contributed by atoms with Crippen LogP contribution in [0.15, 0.2) is 43.0 Å². The third kappa shape index (κ3) is 6.40. The minimum absolute atomic E-state index is 0.169. The Morgan fingerprint density at radius 3 is 2.29 bits per heavy atom. The Bertz CT molecular complexity index is 1440. The normalized spacial score (nSPS) is 24.7. The number of carbonyl (C=O) groups is 1. The molecule has 2 aliphatic heterocycles. The average Bonchev–Trinajstić information content (AvgIpc) is 3.57. The molecule has 5 rings (SSSR count). The van der Waals surface area contributed by atoms with Crippen molar-refractivity contribution in [1.82, 2.24) is 19.5 Å². The Morgan fingerprint density at radius 2 is 1.67 bits per heavy atom. The highest BCUT2D eigenvalue weighted by atomic mass is 32.2. The van der Waals surface area contributed by atoms with Gasteiger partial charge in [0, 0.05) is 5.56 Å². The van der Waals surface area contributed by atoms with Gasteiger partial charge in [0.15, 0.2) is 23.2 Å². The highest BCUT2D eigenvalue weighted by Crippen LogP contribution is 2.49. The van der Waals surface area contributed by atoms with Crippen LogP contribution in [0.2, 0.25) is 22.2 Å². The molecule has 0 bridgehead atoms. The number of hydrogen-bond acceptors (Lipinski definition) is 10. The lowest BCUT2D eigenvalue weighted by molar-refractivity contribution is -0.0616. The summed E-state index contributed by atoms with van der Waals surface area (Å²) in [6.45, 7) is 18.0. The van der Waals surface area contributed by atoms with Crippen molar-refractivity contribution in [3.8, 4) is 0 Å². The Balaban J connectivity index is 1.55. The molecule has 0 aliphatic carbocycles. The SMILES string of the molecule is CSCO[C@@H]1[C@@H]2O[Si](C(C)C)(C(C)C)O[Si](C(C)C)(C(C)C)OC[C@H]2O[C@H]1n1cnc2c(NC(=O)c3ccccc3)ncnc21. The number of rotatable bonds is 10. The van der Waals surface area contributed by atoms with Gasteiger partial charge in [-0.15, -0.1) is 11.8 Å². The Hall–Kier alpha value is -2.18. The van der Waals surface area contributed by atoms with Gasteiger partial charge in [-0.1, -0.05) is 73.6 Å². The molecule has 2 aliphatic rings. The molecule has 0 unspecified atom stereocenters. The number of fused-ring (bicyclic) bond motifs is 2. The lowest BCUT2D eigenvalue weighted by Crippen LogP contribution is -2.66. The summed E-state index contributed by atoms with van der Waals surface area (Å²) in [5.74, 6) is 0.494. The Morgan fingerprint density at radius 1 is 1.00 bits per heavy atom. The van der Waals surface area contributed by atoms with Crippen molar-refractivity contribution in [1.29, 1.82) is 0 Å². The topological polar surface area (TPSA) is 119 Å². The van der Waals surface area contributed by atoms with Gasteiger partial charge in [0.1, 0.15) is 24.6 Å². The van der Waals surface area contributed by atoms with Gasteiger partial charge in [-0.2, -0.15) is 0 Å². The smallest absolute Gasteiger partial charge is 0.335 e. The van der Waals surface area contributed by atoms with Crippen LogP contribution in [0.1, 0.15) is 72.0 Å². The predicted molar refractivity (Wildman–Crippen MR) is 181 cm³/mol. The van der Waals surface area contributed by atoms with E-state index in [2.05, 4.69) is 75.7 Å². The molecule has 1 amide bonds. The van der Waals surface area contributed by atoms with E-state index in [0.29, 0.717) is 35.1 Å². The molecular formula is C31H47N5O6SSi2. The van der Waals surface area contributed by atoms with Crippen molar-refractivity contribution >= 4 is 51.8 Å². The second kappa shape index (κ2) is 13.9. The molecule has 14 heteroatoms. The predicted octanol–water partition coefficient (Wildman–Crippen LogP) is 6.64. The summed E-state index contributed by atoms with van der Waals surface area (Å²) in [4.78, 5) is 26.5. The molecule has 0 spiro atoms. The van der Waals surface area contributed by atoms with E-state index >= 15 is 0 Å². The van der Waals surface area contributed by atoms with E-state index in [1.54, 1.807) is 30.2 Å². The molecule has 3 aromatic rings. The van der Waals surface area contributed by atoms with Gasteiger partial charge in [-0.3, -0.25) is 9.36 Å². The van der Waals surface area contributed by atoms with Crippen LogP contribution in [-0.4, -0.2) is 79.7 Å². The van der Waals surface area contributed by atoms with E-state index in [1.165, 1.54) is 6.33 Å². The molecule has 1 N–H and O–H groups in total. The van der Waals surface area contributed by atoms with Gasteiger partial charge >= 0.3 is 17.1 Å². The fourth-order valence-electron chi connectivity index (χ4n) is 6.57. The summed E-state index contributed by atoms with van der Waals surface area (Å²) in [6, 6.07) is 9.00.